The number of hydrogen-bond acceptors (Lipinski definition) is 2. The molecule has 0 aliphatic rings. The van der Waals surface area contributed by atoms with E-state index in [1.807, 2.05) is 12.1 Å². The van der Waals surface area contributed by atoms with Gasteiger partial charge in [0.15, 0.2) is 0 Å². The number of para-hydroxylation sites is 2. The zero-order valence-corrected chi connectivity index (χ0v) is 29.4. The molecule has 0 saturated heterocycles. The lowest BCUT2D eigenvalue weighted by atomic mass is 9.91. The summed E-state index contributed by atoms with van der Waals surface area (Å²) >= 11 is 0. The minimum Gasteiger partial charge on any atom is -0.455 e. The van der Waals surface area contributed by atoms with E-state index in [0.717, 1.165) is 49.8 Å². The Morgan fingerprint density at radius 2 is 0.944 bits per heavy atom. The summed E-state index contributed by atoms with van der Waals surface area (Å²) in [6.07, 6.45) is 0. The van der Waals surface area contributed by atoms with Crippen molar-refractivity contribution in [1.29, 1.82) is 0 Å². The van der Waals surface area contributed by atoms with Crippen molar-refractivity contribution in [1.82, 2.24) is 0 Å². The monoisotopic (exact) mass is 687 g/mol. The van der Waals surface area contributed by atoms with Crippen molar-refractivity contribution in [3.63, 3.8) is 0 Å². The summed E-state index contributed by atoms with van der Waals surface area (Å²) < 4.78 is 6.43. The van der Waals surface area contributed by atoms with Gasteiger partial charge in [0.2, 0.25) is 0 Å². The average Bonchev–Trinajstić information content (AvgIpc) is 3.63. The highest BCUT2D eigenvalue weighted by atomic mass is 16.3. The third-order valence-corrected chi connectivity index (χ3v) is 11.0. The van der Waals surface area contributed by atoms with Crippen molar-refractivity contribution in [2.75, 3.05) is 4.90 Å². The molecule has 0 unspecified atom stereocenters. The molecular formula is C52H33NO. The largest absolute Gasteiger partial charge is 0.455 e. The van der Waals surface area contributed by atoms with Crippen molar-refractivity contribution in [2.45, 2.75) is 0 Å². The molecule has 0 aliphatic heterocycles. The van der Waals surface area contributed by atoms with E-state index in [-0.39, 0.29) is 0 Å². The fraction of sp³-hybridized carbons (Fsp3) is 0. The lowest BCUT2D eigenvalue weighted by molar-refractivity contribution is 0.672. The number of benzene rings is 10. The van der Waals surface area contributed by atoms with Crippen LogP contribution < -0.4 is 4.90 Å². The van der Waals surface area contributed by atoms with Gasteiger partial charge in [-0.05, 0) is 103 Å². The topological polar surface area (TPSA) is 16.4 Å². The van der Waals surface area contributed by atoms with Crippen LogP contribution >= 0.6 is 0 Å². The Labute approximate surface area is 312 Å². The highest BCUT2D eigenvalue weighted by Gasteiger charge is 2.19. The van der Waals surface area contributed by atoms with Crippen LogP contribution in [0.5, 0.6) is 0 Å². The van der Waals surface area contributed by atoms with Crippen LogP contribution in [0.25, 0.3) is 87.3 Å². The fourth-order valence-corrected chi connectivity index (χ4v) is 8.50. The molecule has 0 amide bonds. The summed E-state index contributed by atoms with van der Waals surface area (Å²) in [6, 6.07) is 72.3. The molecule has 0 radical (unpaired) electrons. The van der Waals surface area contributed by atoms with E-state index in [2.05, 4.69) is 193 Å². The van der Waals surface area contributed by atoms with Gasteiger partial charge in [-0.15, -0.1) is 0 Å². The lowest BCUT2D eigenvalue weighted by Gasteiger charge is -2.28. The van der Waals surface area contributed by atoms with Gasteiger partial charge < -0.3 is 9.32 Å². The van der Waals surface area contributed by atoms with Crippen LogP contribution in [-0.2, 0) is 0 Å². The van der Waals surface area contributed by atoms with Gasteiger partial charge in [0.05, 0.1) is 5.69 Å². The summed E-state index contributed by atoms with van der Waals surface area (Å²) in [5.41, 5.74) is 9.88. The van der Waals surface area contributed by atoms with Crippen LogP contribution in [0.2, 0.25) is 0 Å². The molecule has 1 aromatic heterocycles. The second-order valence-electron chi connectivity index (χ2n) is 14.1. The maximum absolute atomic E-state index is 6.43. The van der Waals surface area contributed by atoms with E-state index < -0.39 is 0 Å². The van der Waals surface area contributed by atoms with Gasteiger partial charge in [0.1, 0.15) is 11.2 Å². The molecule has 0 aliphatic carbocycles. The van der Waals surface area contributed by atoms with Crippen LogP contribution in [0, 0.1) is 0 Å². The summed E-state index contributed by atoms with van der Waals surface area (Å²) in [6.45, 7) is 0. The molecule has 0 spiro atoms. The van der Waals surface area contributed by atoms with Crippen LogP contribution in [0.4, 0.5) is 17.1 Å². The molecule has 54 heavy (non-hydrogen) atoms. The number of rotatable bonds is 5. The van der Waals surface area contributed by atoms with Gasteiger partial charge in [-0.2, -0.15) is 0 Å². The van der Waals surface area contributed by atoms with Crippen molar-refractivity contribution < 1.29 is 4.42 Å². The van der Waals surface area contributed by atoms with Crippen molar-refractivity contribution in [3.8, 4) is 22.3 Å². The maximum atomic E-state index is 6.43. The van der Waals surface area contributed by atoms with Crippen molar-refractivity contribution in [2.24, 2.45) is 0 Å². The first-order valence-electron chi connectivity index (χ1n) is 18.5. The summed E-state index contributed by atoms with van der Waals surface area (Å²) in [5.74, 6) is 0. The first-order valence-corrected chi connectivity index (χ1v) is 18.5. The summed E-state index contributed by atoms with van der Waals surface area (Å²) in [7, 11) is 0. The van der Waals surface area contributed by atoms with E-state index in [9.17, 15) is 0 Å². The minimum absolute atomic E-state index is 0.912. The van der Waals surface area contributed by atoms with E-state index in [1.54, 1.807) is 0 Å². The molecule has 11 aromatic rings. The molecule has 0 bridgehead atoms. The van der Waals surface area contributed by atoms with E-state index in [1.165, 1.54) is 54.6 Å². The molecule has 0 fully saturated rings. The minimum atomic E-state index is 0.912. The predicted octanol–water partition coefficient (Wildman–Crippen LogP) is 15.0. The van der Waals surface area contributed by atoms with Gasteiger partial charge in [-0.25, -0.2) is 0 Å². The summed E-state index contributed by atoms with van der Waals surface area (Å²) in [5, 5.41) is 12.2. The van der Waals surface area contributed by atoms with Gasteiger partial charge in [0.25, 0.3) is 0 Å². The highest BCUT2D eigenvalue weighted by molar-refractivity contribution is 6.24. The normalized spacial score (nSPS) is 11.7. The fourth-order valence-electron chi connectivity index (χ4n) is 8.50. The second kappa shape index (κ2) is 12.2. The number of fused-ring (bicyclic) bond motifs is 10. The van der Waals surface area contributed by atoms with Gasteiger partial charge >= 0.3 is 0 Å². The van der Waals surface area contributed by atoms with E-state index in [4.69, 9.17) is 4.42 Å². The Kier molecular flexibility index (Phi) is 6.90. The number of hydrogen-bond donors (Lipinski definition) is 0. The molecule has 11 rings (SSSR count). The third kappa shape index (κ3) is 4.81. The number of nitrogens with zero attached hydrogens (tertiary/aromatic N) is 1. The molecular weight excluding hydrogens is 655 g/mol. The van der Waals surface area contributed by atoms with E-state index in [0.29, 0.717) is 0 Å². The van der Waals surface area contributed by atoms with Crippen LogP contribution in [0.15, 0.2) is 205 Å². The first kappa shape index (κ1) is 30.5. The van der Waals surface area contributed by atoms with Crippen molar-refractivity contribution in [3.05, 3.63) is 200 Å². The molecule has 1 heterocycles. The Morgan fingerprint density at radius 3 is 1.81 bits per heavy atom. The molecule has 2 nitrogen and oxygen atoms in total. The quantitative estimate of drug-likeness (QED) is 0.168. The van der Waals surface area contributed by atoms with Gasteiger partial charge in [0, 0.05) is 33.1 Å². The highest BCUT2D eigenvalue weighted by Crippen LogP contribution is 2.44. The Bertz CT molecular complexity index is 3210. The number of furan rings is 1. The zero-order valence-electron chi connectivity index (χ0n) is 29.4. The second-order valence-corrected chi connectivity index (χ2v) is 14.1. The SMILES string of the molecule is c1ccc(-c2ccccc2N(c2ccc(-c3cccc4ccc5ccc6ccccc6c5c34)cc2)c2ccc3c(ccc4c5ccccc5oc34)c2)cc1. The van der Waals surface area contributed by atoms with Crippen LogP contribution in [0.1, 0.15) is 0 Å². The Morgan fingerprint density at radius 1 is 0.333 bits per heavy atom. The number of anilines is 3. The van der Waals surface area contributed by atoms with Gasteiger partial charge in [-0.1, -0.05) is 152 Å². The smallest absolute Gasteiger partial charge is 0.143 e. The Hall–Kier alpha value is -7.16. The zero-order chi connectivity index (χ0) is 35.6. The van der Waals surface area contributed by atoms with E-state index >= 15 is 0 Å². The maximum Gasteiger partial charge on any atom is 0.143 e. The standard InChI is InChI=1S/C52H33NO/c1-2-11-34(12-3-1)42-15-6-8-19-48(42)53(41-30-32-45-39(33-41)27-31-47-46-17-7-9-20-49(46)54-52(45)47)40-28-25-36(26-29-40)44-18-10-14-37-23-24-38-22-21-35-13-4-5-16-43(35)51(38)50(37)44/h1-33H. The van der Waals surface area contributed by atoms with Crippen LogP contribution in [0.3, 0.4) is 0 Å². The lowest BCUT2D eigenvalue weighted by Crippen LogP contribution is -2.11. The molecule has 0 atom stereocenters. The van der Waals surface area contributed by atoms with Crippen LogP contribution in [-0.4, -0.2) is 0 Å². The predicted molar refractivity (Wildman–Crippen MR) is 229 cm³/mol. The third-order valence-electron chi connectivity index (χ3n) is 11.0. The first-order chi connectivity index (χ1) is 26.8. The van der Waals surface area contributed by atoms with Gasteiger partial charge in [-0.3, -0.25) is 0 Å². The molecule has 10 aromatic carbocycles. The molecule has 0 N–H and O–H groups in total. The van der Waals surface area contributed by atoms with Crippen molar-refractivity contribution >= 4 is 82.1 Å². The molecule has 252 valence electrons. The Balaban J connectivity index is 1.10. The molecule has 2 heteroatoms. The summed E-state index contributed by atoms with van der Waals surface area (Å²) in [4.78, 5) is 2.39. The molecule has 0 saturated carbocycles. The average molecular weight is 688 g/mol.